The second-order valence-electron chi connectivity index (χ2n) is 3.66. The van der Waals surface area contributed by atoms with Gasteiger partial charge < -0.3 is 0 Å². The first-order chi connectivity index (χ1) is 7.88. The lowest BCUT2D eigenvalue weighted by Crippen LogP contribution is -1.80. The zero-order valence-corrected chi connectivity index (χ0v) is 10.2. The van der Waals surface area contributed by atoms with E-state index in [1.165, 1.54) is 10.6 Å². The zero-order chi connectivity index (χ0) is 11.2. The van der Waals surface area contributed by atoms with Crippen LogP contribution in [0.25, 0.3) is 12.2 Å². The van der Waals surface area contributed by atoms with Gasteiger partial charge in [-0.25, -0.2) is 4.98 Å². The minimum Gasteiger partial charge on any atom is -0.242 e. The zero-order valence-electron chi connectivity index (χ0n) is 9.39. The van der Waals surface area contributed by atoms with Gasteiger partial charge in [0.1, 0.15) is 0 Å². The summed E-state index contributed by atoms with van der Waals surface area (Å²) < 4.78 is 0. The summed E-state index contributed by atoms with van der Waals surface area (Å²) in [6.45, 7) is 2.18. The van der Waals surface area contributed by atoms with Gasteiger partial charge in [-0.15, -0.1) is 11.3 Å². The molecule has 0 aliphatic carbocycles. The topological polar surface area (TPSA) is 12.9 Å². The molecular formula is C14H15NS. The second-order valence-corrected chi connectivity index (χ2v) is 4.60. The summed E-state index contributed by atoms with van der Waals surface area (Å²) in [6, 6.07) is 10.3. The Morgan fingerprint density at radius 1 is 1.19 bits per heavy atom. The van der Waals surface area contributed by atoms with Crippen LogP contribution in [0.15, 0.2) is 35.7 Å². The maximum absolute atomic E-state index is 4.55. The summed E-state index contributed by atoms with van der Waals surface area (Å²) in [5, 5.41) is 3.35. The van der Waals surface area contributed by atoms with Gasteiger partial charge >= 0.3 is 0 Å². The maximum Gasteiger partial charge on any atom is 0.0932 e. The summed E-state index contributed by atoms with van der Waals surface area (Å²) >= 11 is 1.75. The van der Waals surface area contributed by atoms with E-state index in [9.17, 15) is 0 Å². The first-order valence-electron chi connectivity index (χ1n) is 5.56. The molecule has 2 heteroatoms. The fourth-order valence-corrected chi connectivity index (χ4v) is 2.34. The summed E-state index contributed by atoms with van der Waals surface area (Å²) in [7, 11) is 0. The molecule has 82 valence electrons. The lowest BCUT2D eigenvalue weighted by atomic mass is 10.2. The molecule has 0 spiro atoms. The molecule has 0 saturated heterocycles. The van der Waals surface area contributed by atoms with Gasteiger partial charge in [-0.3, -0.25) is 0 Å². The molecule has 0 N–H and O–H groups in total. The van der Waals surface area contributed by atoms with Crippen LogP contribution < -0.4 is 0 Å². The van der Waals surface area contributed by atoms with E-state index in [0.29, 0.717) is 0 Å². The van der Waals surface area contributed by atoms with Crippen molar-refractivity contribution >= 4 is 23.5 Å². The van der Waals surface area contributed by atoms with Crippen LogP contribution in [0.4, 0.5) is 0 Å². The Morgan fingerprint density at radius 2 is 2.00 bits per heavy atom. The van der Waals surface area contributed by atoms with Gasteiger partial charge in [-0.05, 0) is 24.5 Å². The van der Waals surface area contributed by atoms with E-state index in [-0.39, 0.29) is 0 Å². The molecule has 2 aromatic rings. The van der Waals surface area contributed by atoms with Crippen molar-refractivity contribution in [3.8, 4) is 0 Å². The number of thiazole rings is 1. The number of nitrogens with zero attached hydrogens (tertiary/aromatic N) is 1. The van der Waals surface area contributed by atoms with E-state index in [2.05, 4.69) is 41.6 Å². The van der Waals surface area contributed by atoms with Crippen LogP contribution in [0.1, 0.15) is 29.6 Å². The third-order valence-corrected chi connectivity index (χ3v) is 3.21. The van der Waals surface area contributed by atoms with Crippen molar-refractivity contribution < 1.29 is 0 Å². The molecule has 1 heterocycles. The van der Waals surface area contributed by atoms with Crippen LogP contribution in [0.5, 0.6) is 0 Å². The molecule has 16 heavy (non-hydrogen) atoms. The van der Waals surface area contributed by atoms with E-state index >= 15 is 0 Å². The molecule has 0 atom stereocenters. The predicted octanol–water partition coefficient (Wildman–Crippen LogP) is 4.27. The highest BCUT2D eigenvalue weighted by Crippen LogP contribution is 2.14. The molecule has 0 unspecified atom stereocenters. The lowest BCUT2D eigenvalue weighted by molar-refractivity contribution is 0.907. The van der Waals surface area contributed by atoms with Crippen molar-refractivity contribution in [3.63, 3.8) is 0 Å². The summed E-state index contributed by atoms with van der Waals surface area (Å²) in [5.41, 5.74) is 2.28. The number of benzene rings is 1. The smallest absolute Gasteiger partial charge is 0.0932 e. The van der Waals surface area contributed by atoms with Gasteiger partial charge in [-0.2, -0.15) is 0 Å². The van der Waals surface area contributed by atoms with Crippen molar-refractivity contribution in [2.24, 2.45) is 0 Å². The molecule has 0 aliphatic rings. The molecule has 1 aromatic carbocycles. The lowest BCUT2D eigenvalue weighted by Gasteiger charge is -1.90. The van der Waals surface area contributed by atoms with Crippen LogP contribution >= 0.6 is 11.3 Å². The highest BCUT2D eigenvalue weighted by molar-refractivity contribution is 7.09. The van der Waals surface area contributed by atoms with Gasteiger partial charge in [0.05, 0.1) is 10.7 Å². The highest BCUT2D eigenvalue weighted by atomic mass is 32.1. The average Bonchev–Trinajstić information content (AvgIpc) is 2.76. The Hall–Kier alpha value is -1.41. The van der Waals surface area contributed by atoms with Crippen molar-refractivity contribution in [3.05, 3.63) is 52.0 Å². The van der Waals surface area contributed by atoms with Crippen LogP contribution in [0, 0.1) is 0 Å². The van der Waals surface area contributed by atoms with Crippen LogP contribution in [-0.4, -0.2) is 4.98 Å². The van der Waals surface area contributed by atoms with Crippen molar-refractivity contribution in [1.82, 2.24) is 4.98 Å². The van der Waals surface area contributed by atoms with Crippen LogP contribution in [-0.2, 0) is 6.42 Å². The number of hydrogen-bond donors (Lipinski definition) is 0. The maximum atomic E-state index is 4.55. The fraction of sp³-hybridized carbons (Fsp3) is 0.214. The van der Waals surface area contributed by atoms with Crippen molar-refractivity contribution in [1.29, 1.82) is 0 Å². The number of rotatable bonds is 4. The average molecular weight is 229 g/mol. The molecule has 1 aromatic heterocycles. The Morgan fingerprint density at radius 3 is 2.75 bits per heavy atom. The number of aromatic nitrogens is 1. The molecule has 0 aliphatic heterocycles. The van der Waals surface area contributed by atoms with Gasteiger partial charge in [0.25, 0.3) is 0 Å². The third kappa shape index (κ3) is 3.04. The SMILES string of the molecule is CCCc1nc(C=Cc2ccccc2)cs1. The minimum atomic E-state index is 1.07. The van der Waals surface area contributed by atoms with Gasteiger partial charge in [0.15, 0.2) is 0 Å². The van der Waals surface area contributed by atoms with E-state index in [4.69, 9.17) is 0 Å². The van der Waals surface area contributed by atoms with E-state index in [0.717, 1.165) is 18.5 Å². The first-order valence-corrected chi connectivity index (χ1v) is 6.44. The molecule has 0 bridgehead atoms. The second kappa shape index (κ2) is 5.61. The fourth-order valence-electron chi connectivity index (χ4n) is 1.48. The molecule has 2 rings (SSSR count). The Balaban J connectivity index is 2.06. The van der Waals surface area contributed by atoms with E-state index < -0.39 is 0 Å². The molecular weight excluding hydrogens is 214 g/mol. The largest absolute Gasteiger partial charge is 0.242 e. The quantitative estimate of drug-likeness (QED) is 0.763. The third-order valence-electron chi connectivity index (χ3n) is 2.28. The van der Waals surface area contributed by atoms with Crippen molar-refractivity contribution in [2.75, 3.05) is 0 Å². The summed E-state index contributed by atoms with van der Waals surface area (Å²) in [4.78, 5) is 4.55. The Bertz CT molecular complexity index is 457. The minimum absolute atomic E-state index is 1.07. The van der Waals surface area contributed by atoms with Gasteiger partial charge in [-0.1, -0.05) is 43.3 Å². The molecule has 1 nitrogen and oxygen atoms in total. The standard InChI is InChI=1S/C14H15NS/c1-2-6-14-15-13(11-16-14)10-9-12-7-4-3-5-8-12/h3-5,7-11H,2,6H2,1H3. The molecule has 0 amide bonds. The van der Waals surface area contributed by atoms with E-state index in [1.54, 1.807) is 11.3 Å². The normalized spacial score (nSPS) is 11.1. The number of aryl methyl sites for hydroxylation is 1. The van der Waals surface area contributed by atoms with Crippen LogP contribution in [0.3, 0.4) is 0 Å². The van der Waals surface area contributed by atoms with Crippen molar-refractivity contribution in [2.45, 2.75) is 19.8 Å². The monoisotopic (exact) mass is 229 g/mol. The Labute approximate surface area is 100 Å². The number of hydrogen-bond acceptors (Lipinski definition) is 2. The van der Waals surface area contributed by atoms with Gasteiger partial charge in [0.2, 0.25) is 0 Å². The van der Waals surface area contributed by atoms with Gasteiger partial charge in [0, 0.05) is 5.38 Å². The Kier molecular flexibility index (Phi) is 3.89. The molecule has 0 saturated carbocycles. The molecule has 0 fully saturated rings. The van der Waals surface area contributed by atoms with E-state index in [1.807, 2.05) is 18.2 Å². The summed E-state index contributed by atoms with van der Waals surface area (Å²) in [5.74, 6) is 0. The van der Waals surface area contributed by atoms with Crippen LogP contribution in [0.2, 0.25) is 0 Å². The summed E-state index contributed by atoms with van der Waals surface area (Å²) in [6.07, 6.45) is 6.43. The predicted molar refractivity (Wildman–Crippen MR) is 71.5 cm³/mol. The molecule has 0 radical (unpaired) electrons. The highest BCUT2D eigenvalue weighted by Gasteiger charge is 1.97. The first kappa shape index (κ1) is 11.1.